The second kappa shape index (κ2) is 8.87. The molecule has 0 spiro atoms. The predicted octanol–water partition coefficient (Wildman–Crippen LogP) is 1.67. The summed E-state index contributed by atoms with van der Waals surface area (Å²) in [5.74, 6) is -1.50. The number of esters is 1. The van der Waals surface area contributed by atoms with Crippen LogP contribution in [0.4, 0.5) is 0 Å². The number of furan rings is 1. The number of aromatic nitrogens is 1. The number of nitrogens with zero attached hydrogens (tertiary/aromatic N) is 3. The minimum absolute atomic E-state index is 0.0136. The van der Waals surface area contributed by atoms with Crippen molar-refractivity contribution < 1.29 is 36.7 Å². The highest BCUT2D eigenvalue weighted by Crippen LogP contribution is 2.37. The van der Waals surface area contributed by atoms with Crippen LogP contribution in [-0.4, -0.2) is 79.8 Å². The molecule has 2 aliphatic rings. The van der Waals surface area contributed by atoms with Crippen molar-refractivity contribution in [3.63, 3.8) is 0 Å². The second-order valence-corrected chi connectivity index (χ2v) is 9.92. The molecule has 1 aromatic carbocycles. The number of benzene rings is 1. The zero-order valence-electron chi connectivity index (χ0n) is 18.7. The molecule has 0 bridgehead atoms. The summed E-state index contributed by atoms with van der Waals surface area (Å²) in [7, 11) is -3.85. The van der Waals surface area contributed by atoms with E-state index >= 15 is 0 Å². The van der Waals surface area contributed by atoms with Crippen molar-refractivity contribution in [2.45, 2.75) is 11.8 Å². The molecule has 1 fully saturated rings. The van der Waals surface area contributed by atoms with E-state index in [0.717, 1.165) is 4.90 Å². The van der Waals surface area contributed by atoms with E-state index in [4.69, 9.17) is 13.9 Å². The molecule has 2 aromatic heterocycles. The fourth-order valence-electron chi connectivity index (χ4n) is 4.21. The lowest BCUT2D eigenvalue weighted by atomic mass is 10.0. The molecule has 2 amide bonds. The van der Waals surface area contributed by atoms with Gasteiger partial charge in [-0.05, 0) is 30.3 Å². The Kier molecular flexibility index (Phi) is 5.87. The van der Waals surface area contributed by atoms with Gasteiger partial charge >= 0.3 is 5.97 Å². The number of sulfonamides is 1. The second-order valence-electron chi connectivity index (χ2n) is 7.99. The van der Waals surface area contributed by atoms with Crippen LogP contribution in [-0.2, 0) is 24.3 Å². The molecule has 1 saturated heterocycles. The number of rotatable bonds is 6. The molecule has 0 saturated carbocycles. The van der Waals surface area contributed by atoms with Crippen LogP contribution in [0, 0.1) is 0 Å². The average Bonchev–Trinajstić information content (AvgIpc) is 3.47. The molecule has 4 heterocycles. The van der Waals surface area contributed by atoms with Gasteiger partial charge in [-0.1, -0.05) is 0 Å². The highest BCUT2D eigenvalue weighted by Gasteiger charge is 2.41. The molecule has 0 unspecified atom stereocenters. The van der Waals surface area contributed by atoms with Crippen LogP contribution in [0.3, 0.4) is 0 Å². The summed E-state index contributed by atoms with van der Waals surface area (Å²) in [4.78, 5) is 43.4. The summed E-state index contributed by atoms with van der Waals surface area (Å²) in [6.07, 6.45) is 1.42. The summed E-state index contributed by atoms with van der Waals surface area (Å²) >= 11 is 0. The Labute approximate surface area is 200 Å². The van der Waals surface area contributed by atoms with Crippen molar-refractivity contribution in [1.29, 1.82) is 0 Å². The Balaban J connectivity index is 1.65. The molecule has 0 atom stereocenters. The third kappa shape index (κ3) is 3.99. The molecule has 3 aromatic rings. The smallest absolute Gasteiger partial charge is 0.302 e. The fraction of sp³-hybridized carbons (Fsp3) is 0.304. The molecule has 0 aliphatic carbocycles. The van der Waals surface area contributed by atoms with Gasteiger partial charge in [0.2, 0.25) is 10.0 Å². The highest BCUT2D eigenvalue weighted by atomic mass is 32.2. The fourth-order valence-corrected chi connectivity index (χ4v) is 5.64. The quantitative estimate of drug-likeness (QED) is 0.366. The molecule has 11 nitrogen and oxygen atoms in total. The molecule has 0 radical (unpaired) electrons. The summed E-state index contributed by atoms with van der Waals surface area (Å²) in [6, 6.07) is 7.56. The van der Waals surface area contributed by atoms with E-state index < -0.39 is 27.8 Å². The number of amides is 2. The van der Waals surface area contributed by atoms with Crippen molar-refractivity contribution in [2.75, 3.05) is 39.5 Å². The zero-order chi connectivity index (χ0) is 24.7. The van der Waals surface area contributed by atoms with Crippen molar-refractivity contribution in [3.8, 4) is 11.5 Å². The third-order valence-corrected chi connectivity index (χ3v) is 7.75. The number of hydrogen-bond donors (Lipinski definition) is 0. The minimum Gasteiger partial charge on any atom is -0.464 e. The molecular weight excluding hydrogens is 478 g/mol. The van der Waals surface area contributed by atoms with E-state index in [1.165, 1.54) is 35.7 Å². The van der Waals surface area contributed by atoms with Gasteiger partial charge in [0.1, 0.15) is 12.3 Å². The number of pyridine rings is 1. The molecular formula is C23H21N3O8S. The van der Waals surface area contributed by atoms with Gasteiger partial charge in [-0.3, -0.25) is 19.3 Å². The first-order valence-corrected chi connectivity index (χ1v) is 12.3. The van der Waals surface area contributed by atoms with Gasteiger partial charge < -0.3 is 13.9 Å². The van der Waals surface area contributed by atoms with Crippen LogP contribution < -0.4 is 0 Å². The lowest BCUT2D eigenvalue weighted by Crippen LogP contribution is -2.40. The maximum Gasteiger partial charge on any atom is 0.302 e. The summed E-state index contributed by atoms with van der Waals surface area (Å²) in [6.45, 7) is 1.92. The largest absolute Gasteiger partial charge is 0.464 e. The average molecular weight is 500 g/mol. The van der Waals surface area contributed by atoms with Crippen molar-refractivity contribution >= 4 is 38.7 Å². The lowest BCUT2D eigenvalue weighted by Gasteiger charge is -2.26. The van der Waals surface area contributed by atoms with Gasteiger partial charge in [0.05, 0.1) is 47.6 Å². The third-order valence-electron chi connectivity index (χ3n) is 5.86. The number of morpholine rings is 1. The van der Waals surface area contributed by atoms with Crippen LogP contribution in [0.15, 0.2) is 45.9 Å². The van der Waals surface area contributed by atoms with Crippen molar-refractivity contribution in [2.24, 2.45) is 0 Å². The van der Waals surface area contributed by atoms with E-state index in [1.807, 2.05) is 0 Å². The number of fused-ring (bicyclic) bond motifs is 3. The first-order valence-electron chi connectivity index (χ1n) is 10.9. The maximum atomic E-state index is 13.4. The minimum atomic E-state index is -3.85. The summed E-state index contributed by atoms with van der Waals surface area (Å²) in [5, 5.41) is 0.234. The molecule has 5 rings (SSSR count). The number of hydrogen-bond acceptors (Lipinski definition) is 9. The molecule has 35 heavy (non-hydrogen) atoms. The standard InChI is InChI=1S/C23H21N3O8S/c1-14(27)33-12-8-26-22(28)19-16-13-15(35(30,31)25-6-10-32-11-7-25)4-5-17(16)24-21(20(19)23(26)29)18-3-2-9-34-18/h2-5,9,13H,6-8,10-12H2,1H3. The van der Waals surface area contributed by atoms with Gasteiger partial charge in [-0.25, -0.2) is 13.4 Å². The topological polar surface area (TPSA) is 136 Å². The Bertz CT molecular complexity index is 1440. The summed E-state index contributed by atoms with van der Waals surface area (Å²) in [5.41, 5.74) is 0.558. The Morgan fingerprint density at radius 2 is 1.86 bits per heavy atom. The normalized spacial score (nSPS) is 16.7. The summed E-state index contributed by atoms with van der Waals surface area (Å²) < 4.78 is 43.4. The lowest BCUT2D eigenvalue weighted by molar-refractivity contribution is -0.141. The number of carbonyl (C=O) groups excluding carboxylic acids is 3. The van der Waals surface area contributed by atoms with Crippen molar-refractivity contribution in [3.05, 3.63) is 47.7 Å². The van der Waals surface area contributed by atoms with Crippen LogP contribution in [0.25, 0.3) is 22.4 Å². The number of ether oxygens (including phenoxy) is 2. The SMILES string of the molecule is CC(=O)OCCN1C(=O)c2c(-c3ccco3)nc3ccc(S(=O)(=O)N4CCOCC4)cc3c2C1=O. The monoisotopic (exact) mass is 499 g/mol. The number of imide groups is 1. The van der Waals surface area contributed by atoms with Gasteiger partial charge in [-0.2, -0.15) is 4.31 Å². The van der Waals surface area contributed by atoms with E-state index in [2.05, 4.69) is 4.98 Å². The molecule has 182 valence electrons. The van der Waals surface area contributed by atoms with Gasteiger partial charge in [-0.15, -0.1) is 0 Å². The highest BCUT2D eigenvalue weighted by molar-refractivity contribution is 7.89. The van der Waals surface area contributed by atoms with Gasteiger partial charge in [0, 0.05) is 25.4 Å². The first-order chi connectivity index (χ1) is 16.8. The molecule has 2 aliphatic heterocycles. The van der Waals surface area contributed by atoms with E-state index in [1.54, 1.807) is 12.1 Å². The Morgan fingerprint density at radius 1 is 1.11 bits per heavy atom. The van der Waals surface area contributed by atoms with Crippen LogP contribution >= 0.6 is 0 Å². The zero-order valence-corrected chi connectivity index (χ0v) is 19.5. The molecule has 12 heteroatoms. The predicted molar refractivity (Wildman–Crippen MR) is 121 cm³/mol. The Morgan fingerprint density at radius 3 is 2.54 bits per heavy atom. The van der Waals surface area contributed by atoms with Crippen LogP contribution in [0.5, 0.6) is 0 Å². The van der Waals surface area contributed by atoms with Gasteiger partial charge in [0.25, 0.3) is 11.8 Å². The maximum absolute atomic E-state index is 13.4. The van der Waals surface area contributed by atoms with E-state index in [0.29, 0.717) is 18.7 Å². The van der Waals surface area contributed by atoms with Crippen molar-refractivity contribution in [1.82, 2.24) is 14.2 Å². The van der Waals surface area contributed by atoms with Gasteiger partial charge in [0.15, 0.2) is 5.76 Å². The van der Waals surface area contributed by atoms with Crippen LogP contribution in [0.2, 0.25) is 0 Å². The molecule has 0 N–H and O–H groups in total. The Hall–Kier alpha value is -3.61. The van der Waals surface area contributed by atoms with E-state index in [-0.39, 0.29) is 59.1 Å². The van der Waals surface area contributed by atoms with Crippen LogP contribution in [0.1, 0.15) is 27.6 Å². The first kappa shape index (κ1) is 23.1. The van der Waals surface area contributed by atoms with E-state index in [9.17, 15) is 22.8 Å². The number of carbonyl (C=O) groups is 3.